The van der Waals surface area contributed by atoms with Gasteiger partial charge >= 0.3 is 6.18 Å². The number of pyridine rings is 1. The molecule has 24 heavy (non-hydrogen) atoms. The normalized spacial score (nSPS) is 21.3. The molecule has 1 N–H and O–H groups in total. The molecule has 130 valence electrons. The van der Waals surface area contributed by atoms with Gasteiger partial charge in [-0.2, -0.15) is 18.2 Å². The minimum absolute atomic E-state index is 0.0212. The number of nitrogens with one attached hydrogen (secondary N) is 1. The average Bonchev–Trinajstić information content (AvgIpc) is 3.16. The third-order valence-corrected chi connectivity index (χ3v) is 3.79. The average molecular weight is 342 g/mol. The molecule has 1 saturated heterocycles. The highest BCUT2D eigenvalue weighted by Crippen LogP contribution is 2.32. The molecule has 0 aliphatic carbocycles. The summed E-state index contributed by atoms with van der Waals surface area (Å²) < 4.78 is 49.6. The third kappa shape index (κ3) is 3.90. The van der Waals surface area contributed by atoms with Crippen LogP contribution in [0.15, 0.2) is 22.9 Å². The summed E-state index contributed by atoms with van der Waals surface area (Å²) in [6.07, 6.45) is -1.90. The van der Waals surface area contributed by atoms with Gasteiger partial charge in [-0.25, -0.2) is 0 Å². The molecule has 0 saturated carbocycles. The molecule has 0 spiro atoms. The first-order valence-electron chi connectivity index (χ1n) is 7.61. The summed E-state index contributed by atoms with van der Waals surface area (Å²) in [5, 5.41) is 6.70. The van der Waals surface area contributed by atoms with E-state index >= 15 is 0 Å². The van der Waals surface area contributed by atoms with Gasteiger partial charge in [0.05, 0.1) is 17.4 Å². The van der Waals surface area contributed by atoms with Crippen LogP contribution in [0.1, 0.15) is 41.9 Å². The van der Waals surface area contributed by atoms with Gasteiger partial charge in [-0.15, -0.1) is 0 Å². The van der Waals surface area contributed by atoms with E-state index in [-0.39, 0.29) is 24.4 Å². The zero-order valence-electron chi connectivity index (χ0n) is 13.0. The number of nitrogens with zero attached hydrogens (tertiary/aromatic N) is 3. The smallest absolute Gasteiger partial charge is 0.364 e. The van der Waals surface area contributed by atoms with E-state index in [2.05, 4.69) is 20.4 Å². The van der Waals surface area contributed by atoms with Crippen LogP contribution in [0.2, 0.25) is 0 Å². The fourth-order valence-electron chi connectivity index (χ4n) is 2.67. The van der Waals surface area contributed by atoms with Crippen molar-refractivity contribution >= 4 is 0 Å². The largest absolute Gasteiger partial charge is 0.418 e. The number of alkyl halides is 3. The van der Waals surface area contributed by atoms with Gasteiger partial charge in [-0.05, 0) is 31.9 Å². The first-order valence-corrected chi connectivity index (χ1v) is 7.61. The number of rotatable bonds is 5. The molecular formula is C15H17F3N4O2. The lowest BCUT2D eigenvalue weighted by Crippen LogP contribution is -2.27. The predicted octanol–water partition coefficient (Wildman–Crippen LogP) is 2.80. The van der Waals surface area contributed by atoms with Crippen molar-refractivity contribution in [2.75, 3.05) is 6.54 Å². The van der Waals surface area contributed by atoms with Crippen molar-refractivity contribution in [3.63, 3.8) is 0 Å². The highest BCUT2D eigenvalue weighted by molar-refractivity contribution is 5.22. The molecule has 1 fully saturated rings. The van der Waals surface area contributed by atoms with Crippen LogP contribution in [0.5, 0.6) is 0 Å². The second-order valence-corrected chi connectivity index (χ2v) is 5.63. The Kier molecular flexibility index (Phi) is 4.81. The fraction of sp³-hybridized carbons (Fsp3) is 0.533. The van der Waals surface area contributed by atoms with E-state index in [1.54, 1.807) is 6.92 Å². The Morgan fingerprint density at radius 3 is 2.88 bits per heavy atom. The Morgan fingerprint density at radius 1 is 1.33 bits per heavy atom. The summed E-state index contributed by atoms with van der Waals surface area (Å²) in [5.74, 6) is 0.990. The number of hydrogen-bond donors (Lipinski definition) is 1. The second-order valence-electron chi connectivity index (χ2n) is 5.63. The summed E-state index contributed by atoms with van der Waals surface area (Å²) in [7, 11) is 0. The molecule has 2 atom stereocenters. The molecule has 2 aromatic heterocycles. The van der Waals surface area contributed by atoms with Gasteiger partial charge in [0.2, 0.25) is 0 Å². The monoisotopic (exact) mass is 342 g/mol. The minimum atomic E-state index is -4.41. The molecule has 3 heterocycles. The van der Waals surface area contributed by atoms with Gasteiger partial charge in [0.1, 0.15) is 6.10 Å². The molecule has 9 heteroatoms. The van der Waals surface area contributed by atoms with E-state index in [4.69, 9.17) is 9.26 Å². The lowest BCUT2D eigenvalue weighted by molar-refractivity contribution is -0.138. The van der Waals surface area contributed by atoms with Gasteiger partial charge < -0.3 is 14.6 Å². The molecule has 1 aliphatic heterocycles. The molecule has 1 aliphatic rings. The van der Waals surface area contributed by atoms with Gasteiger partial charge in [-0.3, -0.25) is 4.98 Å². The first kappa shape index (κ1) is 16.8. The number of aromatic nitrogens is 3. The SMILES string of the molecule is Cc1noc([C@@H]2CC[C@H](CNCc3ncccc3C(F)(F)F)O2)n1. The van der Waals surface area contributed by atoms with Crippen LogP contribution in [0.3, 0.4) is 0 Å². The van der Waals surface area contributed by atoms with Crippen molar-refractivity contribution in [2.24, 2.45) is 0 Å². The lowest BCUT2D eigenvalue weighted by Gasteiger charge is -2.14. The van der Waals surface area contributed by atoms with Gasteiger partial charge in [0.25, 0.3) is 5.89 Å². The maximum Gasteiger partial charge on any atom is 0.418 e. The Balaban J connectivity index is 1.51. The second kappa shape index (κ2) is 6.86. The van der Waals surface area contributed by atoms with Crippen molar-refractivity contribution in [2.45, 2.75) is 44.7 Å². The van der Waals surface area contributed by atoms with Crippen molar-refractivity contribution in [3.8, 4) is 0 Å². The molecule has 0 radical (unpaired) electrons. The maximum atomic E-state index is 12.9. The van der Waals surface area contributed by atoms with Crippen LogP contribution >= 0.6 is 0 Å². The summed E-state index contributed by atoms with van der Waals surface area (Å²) in [5.41, 5.74) is -0.740. The summed E-state index contributed by atoms with van der Waals surface area (Å²) in [4.78, 5) is 7.95. The van der Waals surface area contributed by atoms with E-state index in [9.17, 15) is 13.2 Å². The van der Waals surface area contributed by atoms with Crippen molar-refractivity contribution < 1.29 is 22.4 Å². The van der Waals surface area contributed by atoms with Gasteiger partial charge in [0, 0.05) is 19.3 Å². The minimum Gasteiger partial charge on any atom is -0.364 e. The number of halogens is 3. The van der Waals surface area contributed by atoms with Crippen LogP contribution in [0.25, 0.3) is 0 Å². The van der Waals surface area contributed by atoms with E-state index in [0.29, 0.717) is 18.3 Å². The molecule has 0 unspecified atom stereocenters. The molecule has 2 aromatic rings. The van der Waals surface area contributed by atoms with Crippen molar-refractivity contribution in [1.82, 2.24) is 20.4 Å². The molecular weight excluding hydrogens is 325 g/mol. The van der Waals surface area contributed by atoms with Crippen LogP contribution < -0.4 is 5.32 Å². The predicted molar refractivity (Wildman–Crippen MR) is 76.8 cm³/mol. The summed E-state index contributed by atoms with van der Waals surface area (Å²) >= 11 is 0. The highest BCUT2D eigenvalue weighted by atomic mass is 19.4. The quantitative estimate of drug-likeness (QED) is 0.901. The highest BCUT2D eigenvalue weighted by Gasteiger charge is 2.34. The first-order chi connectivity index (χ1) is 11.4. The molecule has 6 nitrogen and oxygen atoms in total. The standard InChI is InChI=1S/C15H17F3N4O2/c1-9-21-14(24-22-9)13-5-4-10(23-13)7-19-8-12-11(15(16,17)18)3-2-6-20-12/h2-3,6,10,13,19H,4-5,7-8H2,1H3/t10-,13+/m1/s1. The molecule has 0 bridgehead atoms. The maximum absolute atomic E-state index is 12.9. The lowest BCUT2D eigenvalue weighted by atomic mass is 10.1. The van der Waals surface area contributed by atoms with E-state index in [1.165, 1.54) is 12.3 Å². The van der Waals surface area contributed by atoms with E-state index in [0.717, 1.165) is 18.9 Å². The van der Waals surface area contributed by atoms with Crippen molar-refractivity contribution in [3.05, 3.63) is 41.3 Å². The Labute approximate surface area is 136 Å². The zero-order chi connectivity index (χ0) is 17.2. The Morgan fingerprint density at radius 2 is 2.17 bits per heavy atom. The van der Waals surface area contributed by atoms with E-state index < -0.39 is 11.7 Å². The molecule has 0 amide bonds. The topological polar surface area (TPSA) is 73.1 Å². The van der Waals surface area contributed by atoms with Crippen LogP contribution in [-0.2, 0) is 17.5 Å². The Bertz CT molecular complexity index is 689. The van der Waals surface area contributed by atoms with Crippen LogP contribution in [-0.4, -0.2) is 27.8 Å². The number of aryl methyl sites for hydroxylation is 1. The molecule has 0 aromatic carbocycles. The van der Waals surface area contributed by atoms with Crippen LogP contribution in [0, 0.1) is 6.92 Å². The Hall–Kier alpha value is -2.00. The molecule has 3 rings (SSSR count). The van der Waals surface area contributed by atoms with Gasteiger partial charge in [-0.1, -0.05) is 5.16 Å². The van der Waals surface area contributed by atoms with E-state index in [1.807, 2.05) is 0 Å². The summed E-state index contributed by atoms with van der Waals surface area (Å²) in [6.45, 7) is 2.18. The number of hydrogen-bond acceptors (Lipinski definition) is 6. The van der Waals surface area contributed by atoms with Crippen LogP contribution in [0.4, 0.5) is 13.2 Å². The van der Waals surface area contributed by atoms with Crippen molar-refractivity contribution in [1.29, 1.82) is 0 Å². The summed E-state index contributed by atoms with van der Waals surface area (Å²) in [6, 6.07) is 2.31. The third-order valence-electron chi connectivity index (χ3n) is 3.79. The fourth-order valence-corrected chi connectivity index (χ4v) is 2.67. The number of ether oxygens (including phenoxy) is 1. The van der Waals surface area contributed by atoms with Gasteiger partial charge in [0.15, 0.2) is 5.82 Å². The zero-order valence-corrected chi connectivity index (χ0v) is 13.0.